The Morgan fingerprint density at radius 2 is 1.73 bits per heavy atom. The fourth-order valence-electron chi connectivity index (χ4n) is 2.45. The molecule has 0 amide bonds. The molecule has 26 heavy (non-hydrogen) atoms. The van der Waals surface area contributed by atoms with Crippen molar-refractivity contribution < 1.29 is 18.3 Å². The van der Waals surface area contributed by atoms with Crippen LogP contribution in [-0.2, 0) is 15.9 Å². The van der Waals surface area contributed by atoms with Crippen LogP contribution < -0.4 is 4.72 Å². The van der Waals surface area contributed by atoms with Crippen molar-refractivity contribution in [2.45, 2.75) is 10.8 Å². The van der Waals surface area contributed by atoms with Gasteiger partial charge in [-0.05, 0) is 23.3 Å². The van der Waals surface area contributed by atoms with Gasteiger partial charge in [-0.2, -0.15) is 0 Å². The molecule has 0 unspecified atom stereocenters. The third kappa shape index (κ3) is 3.75. The summed E-state index contributed by atoms with van der Waals surface area (Å²) in [6.07, 6.45) is 0. The zero-order valence-corrected chi connectivity index (χ0v) is 15.7. The Hall–Kier alpha value is -2.35. The van der Waals surface area contributed by atoms with E-state index in [9.17, 15) is 18.3 Å². The van der Waals surface area contributed by atoms with Gasteiger partial charge in [0.2, 0.25) is 0 Å². The average Bonchev–Trinajstić information content (AvgIpc) is 3.06. The number of hydrogen-bond donors (Lipinski definition) is 2. The van der Waals surface area contributed by atoms with Crippen LogP contribution in [0.3, 0.4) is 0 Å². The number of carboxylic acids is 1. The van der Waals surface area contributed by atoms with E-state index in [2.05, 4.69) is 4.72 Å². The highest BCUT2D eigenvalue weighted by Crippen LogP contribution is 2.36. The summed E-state index contributed by atoms with van der Waals surface area (Å²) in [7, 11) is -3.97. The van der Waals surface area contributed by atoms with Crippen molar-refractivity contribution in [1.82, 2.24) is 0 Å². The smallest absolute Gasteiger partial charge is 0.348 e. The lowest BCUT2D eigenvalue weighted by Crippen LogP contribution is -2.15. The molecule has 0 atom stereocenters. The number of hydrogen-bond acceptors (Lipinski definition) is 4. The van der Waals surface area contributed by atoms with E-state index in [1.54, 1.807) is 18.2 Å². The van der Waals surface area contributed by atoms with Crippen molar-refractivity contribution in [1.29, 1.82) is 0 Å². The van der Waals surface area contributed by atoms with E-state index < -0.39 is 16.0 Å². The molecular formula is C18H14ClNO4S2. The van der Waals surface area contributed by atoms with Gasteiger partial charge in [-0.3, -0.25) is 4.72 Å². The quantitative estimate of drug-likeness (QED) is 0.582. The number of nitrogens with one attached hydrogen (secondary N) is 1. The first-order valence-electron chi connectivity index (χ1n) is 7.51. The van der Waals surface area contributed by atoms with Gasteiger partial charge < -0.3 is 5.11 Å². The van der Waals surface area contributed by atoms with Gasteiger partial charge in [0.05, 0.1) is 10.6 Å². The van der Waals surface area contributed by atoms with E-state index >= 15 is 0 Å². The third-order valence-electron chi connectivity index (χ3n) is 3.64. The van der Waals surface area contributed by atoms with Crippen LogP contribution in [0.15, 0.2) is 65.6 Å². The number of rotatable bonds is 6. The molecule has 0 spiro atoms. The molecule has 0 radical (unpaired) electrons. The zero-order valence-electron chi connectivity index (χ0n) is 13.3. The molecule has 1 heterocycles. The Balaban J connectivity index is 2.04. The van der Waals surface area contributed by atoms with Crippen LogP contribution in [-0.4, -0.2) is 19.5 Å². The van der Waals surface area contributed by atoms with Crippen molar-refractivity contribution in [3.63, 3.8) is 0 Å². The lowest BCUT2D eigenvalue weighted by atomic mass is 10.2. The largest absolute Gasteiger partial charge is 0.477 e. The molecular weight excluding hydrogens is 394 g/mol. The van der Waals surface area contributed by atoms with Gasteiger partial charge in [0.25, 0.3) is 10.0 Å². The van der Waals surface area contributed by atoms with Crippen molar-refractivity contribution in [2.75, 3.05) is 4.72 Å². The van der Waals surface area contributed by atoms with Crippen LogP contribution in [0.25, 0.3) is 10.4 Å². The number of benzene rings is 2. The molecule has 0 fully saturated rings. The van der Waals surface area contributed by atoms with E-state index in [0.29, 0.717) is 10.4 Å². The highest BCUT2D eigenvalue weighted by molar-refractivity contribution is 7.92. The van der Waals surface area contributed by atoms with Crippen LogP contribution >= 0.6 is 22.9 Å². The number of halogens is 1. The first kappa shape index (κ1) is 18.4. The van der Waals surface area contributed by atoms with Gasteiger partial charge in [0, 0.05) is 10.8 Å². The van der Waals surface area contributed by atoms with Crippen LogP contribution in [0.2, 0.25) is 0 Å². The first-order chi connectivity index (χ1) is 12.4. The predicted molar refractivity (Wildman–Crippen MR) is 104 cm³/mol. The molecule has 0 aliphatic rings. The van der Waals surface area contributed by atoms with Gasteiger partial charge in [-0.1, -0.05) is 48.5 Å². The molecule has 3 rings (SSSR count). The third-order valence-corrected chi connectivity index (χ3v) is 6.56. The maximum absolute atomic E-state index is 12.7. The van der Waals surface area contributed by atoms with E-state index in [1.807, 2.05) is 30.3 Å². The Bertz CT molecular complexity index is 1050. The van der Waals surface area contributed by atoms with E-state index in [-0.39, 0.29) is 21.3 Å². The molecule has 5 nitrogen and oxygen atoms in total. The summed E-state index contributed by atoms with van der Waals surface area (Å²) >= 11 is 6.84. The SMILES string of the molecule is O=C(O)c1sc(-c2ccccc2)cc1NS(=O)(=O)c1ccccc1CCl. The molecule has 3 aromatic rings. The monoisotopic (exact) mass is 407 g/mol. The highest BCUT2D eigenvalue weighted by Gasteiger charge is 2.23. The average molecular weight is 408 g/mol. The predicted octanol–water partition coefficient (Wildman–Crippen LogP) is 4.65. The fourth-order valence-corrected chi connectivity index (χ4v) is 5.08. The van der Waals surface area contributed by atoms with Gasteiger partial charge >= 0.3 is 5.97 Å². The number of thiophene rings is 1. The molecule has 0 aliphatic carbocycles. The summed E-state index contributed by atoms with van der Waals surface area (Å²) in [5.41, 5.74) is 1.29. The normalized spacial score (nSPS) is 11.3. The first-order valence-corrected chi connectivity index (χ1v) is 10.3. The number of aromatic carboxylic acids is 1. The molecule has 0 bridgehead atoms. The summed E-state index contributed by atoms with van der Waals surface area (Å²) in [5, 5.41) is 9.45. The van der Waals surface area contributed by atoms with E-state index in [1.165, 1.54) is 12.1 Å². The minimum atomic E-state index is -3.97. The maximum Gasteiger partial charge on any atom is 0.348 e. The van der Waals surface area contributed by atoms with Crippen molar-refractivity contribution in [2.24, 2.45) is 0 Å². The molecule has 0 saturated heterocycles. The standard InChI is InChI=1S/C18H14ClNO4S2/c19-11-13-8-4-5-9-16(13)26(23,24)20-14-10-15(25-17(14)18(21)22)12-6-2-1-3-7-12/h1-10,20H,11H2,(H,21,22). The molecule has 2 N–H and O–H groups in total. The minimum absolute atomic E-state index is 0.0267. The van der Waals surface area contributed by atoms with E-state index in [4.69, 9.17) is 11.6 Å². The number of alkyl halides is 1. The summed E-state index contributed by atoms with van der Waals surface area (Å²) < 4.78 is 27.9. The number of anilines is 1. The maximum atomic E-state index is 12.7. The lowest BCUT2D eigenvalue weighted by molar-refractivity contribution is 0.0703. The van der Waals surface area contributed by atoms with Crippen LogP contribution in [0.5, 0.6) is 0 Å². The molecule has 134 valence electrons. The molecule has 2 aromatic carbocycles. The zero-order chi connectivity index (χ0) is 18.7. The Labute approximate surface area is 159 Å². The second-order valence-electron chi connectivity index (χ2n) is 5.37. The van der Waals surface area contributed by atoms with Crippen LogP contribution in [0.4, 0.5) is 5.69 Å². The fraction of sp³-hybridized carbons (Fsp3) is 0.0556. The van der Waals surface area contributed by atoms with Gasteiger partial charge in [0.1, 0.15) is 4.88 Å². The van der Waals surface area contributed by atoms with Crippen molar-refractivity contribution >= 4 is 44.6 Å². The number of carbonyl (C=O) groups is 1. The van der Waals surface area contributed by atoms with Crippen LogP contribution in [0, 0.1) is 0 Å². The van der Waals surface area contributed by atoms with Crippen molar-refractivity contribution in [3.05, 3.63) is 71.1 Å². The lowest BCUT2D eigenvalue weighted by Gasteiger charge is -2.10. The van der Waals surface area contributed by atoms with Crippen molar-refractivity contribution in [3.8, 4) is 10.4 Å². The Kier molecular flexibility index (Phi) is 5.31. The summed E-state index contributed by atoms with van der Waals surface area (Å²) in [6, 6.07) is 17.0. The molecule has 0 aliphatic heterocycles. The topological polar surface area (TPSA) is 83.5 Å². The number of carboxylic acid groups (broad SMARTS) is 1. The highest BCUT2D eigenvalue weighted by atomic mass is 35.5. The molecule has 0 saturated carbocycles. The summed E-state index contributed by atoms with van der Waals surface area (Å²) in [4.78, 5) is 12.2. The second-order valence-corrected chi connectivity index (χ2v) is 8.34. The van der Waals surface area contributed by atoms with Crippen LogP contribution in [0.1, 0.15) is 15.2 Å². The number of sulfonamides is 1. The molecule has 1 aromatic heterocycles. The Morgan fingerprint density at radius 3 is 2.38 bits per heavy atom. The minimum Gasteiger partial charge on any atom is -0.477 e. The van der Waals surface area contributed by atoms with E-state index in [0.717, 1.165) is 16.9 Å². The van der Waals surface area contributed by atoms with Gasteiger partial charge in [0.15, 0.2) is 0 Å². The second kappa shape index (κ2) is 7.49. The Morgan fingerprint density at radius 1 is 1.08 bits per heavy atom. The van der Waals surface area contributed by atoms with Gasteiger partial charge in [-0.25, -0.2) is 13.2 Å². The summed E-state index contributed by atoms with van der Waals surface area (Å²) in [6.45, 7) is 0. The molecule has 8 heteroatoms. The van der Waals surface area contributed by atoms with Gasteiger partial charge in [-0.15, -0.1) is 22.9 Å². The summed E-state index contributed by atoms with van der Waals surface area (Å²) in [5.74, 6) is -1.16.